The van der Waals surface area contributed by atoms with Crippen molar-refractivity contribution < 1.29 is 9.18 Å². The van der Waals surface area contributed by atoms with Gasteiger partial charge in [0.25, 0.3) is 0 Å². The highest BCUT2D eigenvalue weighted by atomic mass is 35.5. The number of nitrogens with zero attached hydrogens (tertiary/aromatic N) is 2. The molecule has 0 bridgehead atoms. The standard InChI is InChI=1S/C15H11ClFN3O/c16-10-4-5-13(12(17)7-10)19-15(21)8-11-9-20-6-2-1-3-14(20)18-11/h1-7,9H,8H2,(H,19,21). The van der Waals surface area contributed by atoms with Crippen LogP contribution < -0.4 is 5.32 Å². The second-order valence-corrected chi connectivity index (χ2v) is 4.98. The monoisotopic (exact) mass is 303 g/mol. The lowest BCUT2D eigenvalue weighted by Gasteiger charge is -2.05. The minimum absolute atomic E-state index is 0.0732. The lowest BCUT2D eigenvalue weighted by molar-refractivity contribution is -0.115. The molecule has 0 radical (unpaired) electrons. The summed E-state index contributed by atoms with van der Waals surface area (Å²) in [5, 5.41) is 2.79. The van der Waals surface area contributed by atoms with E-state index in [0.717, 1.165) is 11.7 Å². The SMILES string of the molecule is O=C(Cc1cn2ccccc2n1)Nc1ccc(Cl)cc1F. The normalized spacial score (nSPS) is 10.8. The molecule has 0 saturated heterocycles. The van der Waals surface area contributed by atoms with Gasteiger partial charge in [0.2, 0.25) is 5.91 Å². The van der Waals surface area contributed by atoms with Crippen molar-refractivity contribution in [2.24, 2.45) is 0 Å². The Morgan fingerprint density at radius 2 is 2.19 bits per heavy atom. The fraction of sp³-hybridized carbons (Fsp3) is 0.0667. The van der Waals surface area contributed by atoms with Crippen molar-refractivity contribution in [3.8, 4) is 0 Å². The maximum absolute atomic E-state index is 13.6. The number of aromatic nitrogens is 2. The summed E-state index contributed by atoms with van der Waals surface area (Å²) in [6.07, 6.45) is 3.69. The number of rotatable bonds is 3. The molecule has 2 aromatic heterocycles. The lowest BCUT2D eigenvalue weighted by atomic mass is 10.2. The zero-order valence-electron chi connectivity index (χ0n) is 10.9. The van der Waals surface area contributed by atoms with E-state index >= 15 is 0 Å². The van der Waals surface area contributed by atoms with Gasteiger partial charge in [0.1, 0.15) is 11.5 Å². The maximum atomic E-state index is 13.6. The first-order valence-corrected chi connectivity index (χ1v) is 6.67. The second kappa shape index (κ2) is 5.54. The van der Waals surface area contributed by atoms with Crippen molar-refractivity contribution in [2.45, 2.75) is 6.42 Å². The van der Waals surface area contributed by atoms with Gasteiger partial charge in [-0.05, 0) is 30.3 Å². The van der Waals surface area contributed by atoms with Gasteiger partial charge in [-0.1, -0.05) is 17.7 Å². The molecule has 1 amide bonds. The molecule has 1 aromatic carbocycles. The molecular formula is C15H11ClFN3O. The fourth-order valence-electron chi connectivity index (χ4n) is 2.02. The summed E-state index contributed by atoms with van der Waals surface area (Å²) in [6, 6.07) is 9.70. The molecule has 4 nitrogen and oxygen atoms in total. The number of nitrogens with one attached hydrogen (secondary N) is 1. The number of hydrogen-bond donors (Lipinski definition) is 1. The first kappa shape index (κ1) is 13.6. The van der Waals surface area contributed by atoms with Crippen molar-refractivity contribution >= 4 is 28.8 Å². The van der Waals surface area contributed by atoms with E-state index in [1.54, 1.807) is 6.20 Å². The van der Waals surface area contributed by atoms with Gasteiger partial charge >= 0.3 is 0 Å². The zero-order chi connectivity index (χ0) is 14.8. The van der Waals surface area contributed by atoms with Crippen LogP contribution in [-0.2, 0) is 11.2 Å². The third-order valence-electron chi connectivity index (χ3n) is 2.96. The minimum Gasteiger partial charge on any atom is -0.323 e. The molecule has 106 valence electrons. The van der Waals surface area contributed by atoms with E-state index in [4.69, 9.17) is 11.6 Å². The van der Waals surface area contributed by atoms with E-state index in [1.807, 2.05) is 28.8 Å². The van der Waals surface area contributed by atoms with Crippen LogP contribution in [0.4, 0.5) is 10.1 Å². The van der Waals surface area contributed by atoms with Crippen LogP contribution in [0.15, 0.2) is 48.8 Å². The second-order valence-electron chi connectivity index (χ2n) is 4.55. The highest BCUT2D eigenvalue weighted by Crippen LogP contribution is 2.19. The Hall–Kier alpha value is -2.40. The van der Waals surface area contributed by atoms with Crippen molar-refractivity contribution in [3.63, 3.8) is 0 Å². The number of halogens is 2. The first-order valence-electron chi connectivity index (χ1n) is 6.29. The van der Waals surface area contributed by atoms with E-state index in [0.29, 0.717) is 5.69 Å². The Bertz CT molecular complexity index is 783. The number of imidazole rings is 1. The number of amides is 1. The van der Waals surface area contributed by atoms with E-state index in [2.05, 4.69) is 10.3 Å². The molecule has 0 fully saturated rings. The zero-order valence-corrected chi connectivity index (χ0v) is 11.6. The Labute approximate surface area is 125 Å². The van der Waals surface area contributed by atoms with Crippen molar-refractivity contribution in [3.05, 3.63) is 65.3 Å². The van der Waals surface area contributed by atoms with Gasteiger partial charge in [-0.3, -0.25) is 4.79 Å². The number of fused-ring (bicyclic) bond motifs is 1. The quantitative estimate of drug-likeness (QED) is 0.807. The molecule has 3 rings (SSSR count). The lowest BCUT2D eigenvalue weighted by Crippen LogP contribution is -2.15. The molecule has 0 spiro atoms. The summed E-state index contributed by atoms with van der Waals surface area (Å²) in [6.45, 7) is 0. The predicted molar refractivity (Wildman–Crippen MR) is 78.9 cm³/mol. The van der Waals surface area contributed by atoms with Gasteiger partial charge in [-0.2, -0.15) is 0 Å². The van der Waals surface area contributed by atoms with Crippen LogP contribution in [0.5, 0.6) is 0 Å². The number of pyridine rings is 1. The van der Waals surface area contributed by atoms with Crippen LogP contribution in [0.2, 0.25) is 5.02 Å². The highest BCUT2D eigenvalue weighted by Gasteiger charge is 2.10. The minimum atomic E-state index is -0.564. The number of benzene rings is 1. The van der Waals surface area contributed by atoms with E-state index in [1.165, 1.54) is 12.1 Å². The largest absolute Gasteiger partial charge is 0.323 e. The van der Waals surface area contributed by atoms with E-state index in [-0.39, 0.29) is 23.0 Å². The number of carbonyl (C=O) groups excluding carboxylic acids is 1. The molecule has 0 unspecified atom stereocenters. The average Bonchev–Trinajstić information content (AvgIpc) is 2.84. The third kappa shape index (κ3) is 3.03. The third-order valence-corrected chi connectivity index (χ3v) is 3.20. The Morgan fingerprint density at radius 3 is 2.95 bits per heavy atom. The molecule has 1 N–H and O–H groups in total. The molecule has 21 heavy (non-hydrogen) atoms. The van der Waals surface area contributed by atoms with E-state index < -0.39 is 5.82 Å². The van der Waals surface area contributed by atoms with Crippen molar-refractivity contribution in [2.75, 3.05) is 5.32 Å². The summed E-state index contributed by atoms with van der Waals surface area (Å²) in [4.78, 5) is 16.3. The smallest absolute Gasteiger partial charge is 0.230 e. The molecule has 0 aliphatic heterocycles. The number of hydrogen-bond acceptors (Lipinski definition) is 2. The predicted octanol–water partition coefficient (Wildman–Crippen LogP) is 3.31. The van der Waals surface area contributed by atoms with Gasteiger partial charge in [-0.15, -0.1) is 0 Å². The summed E-state index contributed by atoms with van der Waals surface area (Å²) < 4.78 is 15.4. The van der Waals surface area contributed by atoms with Gasteiger partial charge in [0.05, 0.1) is 17.8 Å². The molecule has 0 atom stereocenters. The van der Waals surface area contributed by atoms with Crippen molar-refractivity contribution in [1.29, 1.82) is 0 Å². The summed E-state index contributed by atoms with van der Waals surface area (Å²) in [5.74, 6) is -0.898. The maximum Gasteiger partial charge on any atom is 0.230 e. The highest BCUT2D eigenvalue weighted by molar-refractivity contribution is 6.30. The van der Waals surface area contributed by atoms with Crippen LogP contribution in [0.25, 0.3) is 5.65 Å². The van der Waals surface area contributed by atoms with Crippen LogP contribution in [-0.4, -0.2) is 15.3 Å². The molecule has 0 aliphatic rings. The van der Waals surface area contributed by atoms with Crippen molar-refractivity contribution in [1.82, 2.24) is 9.38 Å². The molecule has 0 aliphatic carbocycles. The van der Waals surface area contributed by atoms with E-state index in [9.17, 15) is 9.18 Å². The summed E-state index contributed by atoms with van der Waals surface area (Å²) in [7, 11) is 0. The van der Waals surface area contributed by atoms with Crippen LogP contribution >= 0.6 is 11.6 Å². The van der Waals surface area contributed by atoms with Crippen LogP contribution in [0.1, 0.15) is 5.69 Å². The Balaban J connectivity index is 1.74. The fourth-order valence-corrected chi connectivity index (χ4v) is 2.18. The van der Waals surface area contributed by atoms with Gasteiger partial charge in [0.15, 0.2) is 0 Å². The summed E-state index contributed by atoms with van der Waals surface area (Å²) in [5.41, 5.74) is 1.49. The number of carbonyl (C=O) groups is 1. The molecular weight excluding hydrogens is 293 g/mol. The molecule has 0 saturated carbocycles. The van der Waals surface area contributed by atoms with Gasteiger partial charge < -0.3 is 9.72 Å². The summed E-state index contributed by atoms with van der Waals surface area (Å²) >= 11 is 5.66. The molecule has 2 heterocycles. The van der Waals surface area contributed by atoms with Gasteiger partial charge in [-0.25, -0.2) is 9.37 Å². The first-order chi connectivity index (χ1) is 10.1. The Kier molecular flexibility index (Phi) is 3.58. The topological polar surface area (TPSA) is 46.4 Å². The Morgan fingerprint density at radius 1 is 1.33 bits per heavy atom. The molecule has 6 heteroatoms. The molecule has 3 aromatic rings. The van der Waals surface area contributed by atoms with Gasteiger partial charge in [0, 0.05) is 17.4 Å². The van der Waals surface area contributed by atoms with Crippen LogP contribution in [0.3, 0.4) is 0 Å². The number of anilines is 1. The average molecular weight is 304 g/mol. The van der Waals surface area contributed by atoms with Crippen LogP contribution in [0, 0.1) is 5.82 Å².